The second-order valence-corrected chi connectivity index (χ2v) is 7.18. The Morgan fingerprint density at radius 2 is 2.16 bits per heavy atom. The highest BCUT2D eigenvalue weighted by Gasteiger charge is 2.26. The average Bonchev–Trinajstić information content (AvgIpc) is 2.74. The normalized spacial score (nSPS) is 15.7. The molecule has 0 amide bonds. The molecule has 0 saturated heterocycles. The summed E-state index contributed by atoms with van der Waals surface area (Å²) >= 11 is 0. The van der Waals surface area contributed by atoms with Crippen LogP contribution in [0.1, 0.15) is 34.1 Å². The summed E-state index contributed by atoms with van der Waals surface area (Å²) in [5, 5.41) is 10.1. The van der Waals surface area contributed by atoms with E-state index in [2.05, 4.69) is 9.71 Å². The van der Waals surface area contributed by atoms with Gasteiger partial charge in [-0.25, -0.2) is 18.1 Å². The minimum atomic E-state index is -3.66. The third-order valence-electron chi connectivity index (χ3n) is 2.74. The van der Waals surface area contributed by atoms with Crippen molar-refractivity contribution in [1.82, 2.24) is 14.3 Å². The van der Waals surface area contributed by atoms with E-state index in [0.717, 1.165) is 0 Å². The molecule has 1 atom stereocenters. The van der Waals surface area contributed by atoms with Crippen LogP contribution in [-0.4, -0.2) is 35.2 Å². The van der Waals surface area contributed by atoms with E-state index in [-0.39, 0.29) is 11.6 Å². The van der Waals surface area contributed by atoms with Gasteiger partial charge in [0.2, 0.25) is 0 Å². The van der Waals surface area contributed by atoms with Gasteiger partial charge in [-0.3, -0.25) is 0 Å². The van der Waals surface area contributed by atoms with Crippen LogP contribution in [0.2, 0.25) is 0 Å². The van der Waals surface area contributed by atoms with Gasteiger partial charge in [-0.05, 0) is 26.2 Å². The van der Waals surface area contributed by atoms with Gasteiger partial charge in [0.1, 0.15) is 0 Å². The van der Waals surface area contributed by atoms with E-state index in [1.165, 1.54) is 12.5 Å². The average molecular weight is 289 g/mol. The topological polar surface area (TPSA) is 84.2 Å². The first-order valence-corrected chi connectivity index (χ1v) is 7.88. The molecule has 0 aliphatic heterocycles. The van der Waals surface area contributed by atoms with Crippen molar-refractivity contribution in [2.75, 3.05) is 6.54 Å². The highest BCUT2D eigenvalue weighted by atomic mass is 32.2. The molecule has 1 aromatic rings. The van der Waals surface area contributed by atoms with Gasteiger partial charge in [0.25, 0.3) is 10.0 Å². The molecule has 1 unspecified atom stereocenters. The number of nitrogens with one attached hydrogen (secondary N) is 1. The number of aryl methyl sites for hydroxylation is 1. The predicted octanol–water partition coefficient (Wildman–Crippen LogP) is 0.978. The second-order valence-electron chi connectivity index (χ2n) is 5.46. The van der Waals surface area contributed by atoms with Crippen LogP contribution in [0.15, 0.2) is 17.6 Å². The lowest BCUT2D eigenvalue weighted by Crippen LogP contribution is -2.41. The number of aromatic nitrogens is 2. The number of hydrogen-bond donors (Lipinski definition) is 2. The number of aliphatic hydroxyl groups is 1. The molecule has 0 aromatic carbocycles. The number of sulfonamides is 1. The lowest BCUT2D eigenvalue weighted by atomic mass is 9.95. The van der Waals surface area contributed by atoms with Gasteiger partial charge in [-0.2, -0.15) is 0 Å². The van der Waals surface area contributed by atoms with Crippen molar-refractivity contribution >= 4 is 10.0 Å². The van der Waals surface area contributed by atoms with E-state index in [4.69, 9.17) is 0 Å². The molecule has 1 aromatic heterocycles. The SMILES string of the molecule is CCn1cnc(S(=O)(=O)NCC(C)(O)CC(C)C)c1. The zero-order chi connectivity index (χ0) is 14.7. The standard InChI is InChI=1S/C12H23N3O3S/c1-5-15-7-11(13-9-15)19(17,18)14-8-12(4,16)6-10(2)3/h7,9-10,14,16H,5-6,8H2,1-4H3. The summed E-state index contributed by atoms with van der Waals surface area (Å²) < 4.78 is 28.1. The van der Waals surface area contributed by atoms with E-state index in [1.54, 1.807) is 11.5 Å². The van der Waals surface area contributed by atoms with Crippen molar-refractivity contribution in [3.05, 3.63) is 12.5 Å². The van der Waals surface area contributed by atoms with Crippen molar-refractivity contribution in [1.29, 1.82) is 0 Å². The Balaban J connectivity index is 2.70. The molecule has 19 heavy (non-hydrogen) atoms. The molecular formula is C12H23N3O3S. The molecule has 1 rings (SSSR count). The van der Waals surface area contributed by atoms with Crippen LogP contribution in [0.3, 0.4) is 0 Å². The van der Waals surface area contributed by atoms with Crippen LogP contribution in [0.25, 0.3) is 0 Å². The molecule has 0 spiro atoms. The Bertz CT molecular complexity index is 506. The zero-order valence-electron chi connectivity index (χ0n) is 11.9. The van der Waals surface area contributed by atoms with Crippen molar-refractivity contribution in [3.63, 3.8) is 0 Å². The Morgan fingerprint density at radius 1 is 1.53 bits per heavy atom. The van der Waals surface area contributed by atoms with Crippen LogP contribution >= 0.6 is 0 Å². The van der Waals surface area contributed by atoms with Crippen molar-refractivity contribution in [2.45, 2.75) is 51.3 Å². The fourth-order valence-electron chi connectivity index (χ4n) is 1.93. The smallest absolute Gasteiger partial charge is 0.259 e. The van der Waals surface area contributed by atoms with Gasteiger partial charge in [-0.1, -0.05) is 13.8 Å². The summed E-state index contributed by atoms with van der Waals surface area (Å²) in [5.74, 6) is 0.291. The Labute approximate surface area is 114 Å². The van der Waals surface area contributed by atoms with E-state index >= 15 is 0 Å². The Morgan fingerprint density at radius 3 is 2.63 bits per heavy atom. The summed E-state index contributed by atoms with van der Waals surface area (Å²) in [6.07, 6.45) is 3.47. The van der Waals surface area contributed by atoms with Crippen molar-refractivity contribution in [2.24, 2.45) is 5.92 Å². The molecule has 0 aliphatic carbocycles. The molecule has 7 heteroatoms. The van der Waals surface area contributed by atoms with Gasteiger partial charge < -0.3 is 9.67 Å². The van der Waals surface area contributed by atoms with Crippen LogP contribution in [0, 0.1) is 5.92 Å². The largest absolute Gasteiger partial charge is 0.389 e. The number of imidazole rings is 1. The third kappa shape index (κ3) is 4.93. The molecular weight excluding hydrogens is 266 g/mol. The summed E-state index contributed by atoms with van der Waals surface area (Å²) in [5.41, 5.74) is -1.06. The Kier molecular flexibility index (Phi) is 5.11. The minimum Gasteiger partial charge on any atom is -0.389 e. The first-order valence-electron chi connectivity index (χ1n) is 6.40. The van der Waals surface area contributed by atoms with E-state index in [1.807, 2.05) is 20.8 Å². The maximum Gasteiger partial charge on any atom is 0.259 e. The van der Waals surface area contributed by atoms with Gasteiger partial charge in [0.05, 0.1) is 11.9 Å². The summed E-state index contributed by atoms with van der Waals surface area (Å²) in [4.78, 5) is 3.85. The fourth-order valence-corrected chi connectivity index (χ4v) is 3.04. The molecule has 0 radical (unpaired) electrons. The van der Waals surface area contributed by atoms with Crippen LogP contribution < -0.4 is 4.72 Å². The summed E-state index contributed by atoms with van der Waals surface area (Å²) in [6.45, 7) is 8.12. The van der Waals surface area contributed by atoms with Crippen LogP contribution in [0.4, 0.5) is 0 Å². The molecule has 0 bridgehead atoms. The Hall–Kier alpha value is -0.920. The zero-order valence-corrected chi connectivity index (χ0v) is 12.7. The quantitative estimate of drug-likeness (QED) is 0.783. The first kappa shape index (κ1) is 16.1. The number of nitrogens with zero attached hydrogens (tertiary/aromatic N) is 2. The monoisotopic (exact) mass is 289 g/mol. The molecule has 110 valence electrons. The van der Waals surface area contributed by atoms with Crippen LogP contribution in [-0.2, 0) is 16.6 Å². The first-order chi connectivity index (χ1) is 8.66. The minimum absolute atomic E-state index is 0.0188. The van der Waals surface area contributed by atoms with E-state index < -0.39 is 15.6 Å². The van der Waals surface area contributed by atoms with E-state index in [0.29, 0.717) is 18.9 Å². The molecule has 1 heterocycles. The lowest BCUT2D eigenvalue weighted by Gasteiger charge is -2.25. The molecule has 6 nitrogen and oxygen atoms in total. The van der Waals surface area contributed by atoms with Crippen molar-refractivity contribution in [3.8, 4) is 0 Å². The molecule has 0 saturated carbocycles. The lowest BCUT2D eigenvalue weighted by molar-refractivity contribution is 0.0436. The fraction of sp³-hybridized carbons (Fsp3) is 0.750. The second kappa shape index (κ2) is 6.02. The number of hydrogen-bond acceptors (Lipinski definition) is 4. The van der Waals surface area contributed by atoms with Crippen LogP contribution in [0.5, 0.6) is 0 Å². The van der Waals surface area contributed by atoms with Gasteiger partial charge in [0.15, 0.2) is 5.03 Å². The number of rotatable bonds is 7. The molecule has 2 N–H and O–H groups in total. The van der Waals surface area contributed by atoms with Gasteiger partial charge in [-0.15, -0.1) is 0 Å². The maximum atomic E-state index is 12.0. The maximum absolute atomic E-state index is 12.0. The summed E-state index contributed by atoms with van der Waals surface area (Å²) in [6, 6.07) is 0. The highest BCUT2D eigenvalue weighted by Crippen LogP contribution is 2.16. The van der Waals surface area contributed by atoms with E-state index in [9.17, 15) is 13.5 Å². The molecule has 0 fully saturated rings. The highest BCUT2D eigenvalue weighted by molar-refractivity contribution is 7.89. The predicted molar refractivity (Wildman–Crippen MR) is 73.2 cm³/mol. The van der Waals surface area contributed by atoms with Gasteiger partial charge >= 0.3 is 0 Å². The van der Waals surface area contributed by atoms with Crippen molar-refractivity contribution < 1.29 is 13.5 Å². The summed E-state index contributed by atoms with van der Waals surface area (Å²) in [7, 11) is -3.66. The third-order valence-corrected chi connectivity index (χ3v) is 4.03. The van der Waals surface area contributed by atoms with Gasteiger partial charge in [0, 0.05) is 19.3 Å². The molecule has 0 aliphatic rings.